The number of para-hydroxylation sites is 1. The van der Waals surface area contributed by atoms with Crippen molar-refractivity contribution in [3.05, 3.63) is 45.9 Å². The number of likely N-dealkylation sites (tertiary alicyclic amines) is 1. The van der Waals surface area contributed by atoms with E-state index in [0.29, 0.717) is 25.5 Å². The van der Waals surface area contributed by atoms with Gasteiger partial charge in [0, 0.05) is 24.9 Å². The van der Waals surface area contributed by atoms with E-state index in [1.165, 1.54) is 24.8 Å². The van der Waals surface area contributed by atoms with Crippen LogP contribution in [0.15, 0.2) is 29.6 Å². The molecule has 1 aromatic heterocycles. The van der Waals surface area contributed by atoms with E-state index in [0.717, 1.165) is 42.6 Å². The molecular formula is C24H35N3O2S. The summed E-state index contributed by atoms with van der Waals surface area (Å²) in [7, 11) is 0. The Hall–Kier alpha value is -1.92. The molecule has 0 bridgehead atoms. The highest BCUT2D eigenvalue weighted by molar-refractivity contribution is 7.09. The minimum atomic E-state index is 0.198. The lowest BCUT2D eigenvalue weighted by Crippen LogP contribution is -2.40. The smallest absolute Gasteiger partial charge is 0.222 e. The maximum absolute atomic E-state index is 12.5. The highest BCUT2D eigenvalue weighted by Gasteiger charge is 2.17. The van der Waals surface area contributed by atoms with E-state index in [1.807, 2.05) is 30.0 Å². The quantitative estimate of drug-likeness (QED) is 0.529. The van der Waals surface area contributed by atoms with Gasteiger partial charge in [0.2, 0.25) is 5.91 Å². The van der Waals surface area contributed by atoms with E-state index < -0.39 is 0 Å². The first-order chi connectivity index (χ1) is 14.6. The Labute approximate surface area is 185 Å². The third kappa shape index (κ3) is 6.54. The number of aromatic nitrogens is 1. The highest BCUT2D eigenvalue weighted by atomic mass is 32.1. The zero-order valence-corrected chi connectivity index (χ0v) is 19.4. The number of thiazole rings is 1. The number of benzene rings is 1. The molecule has 2 aromatic rings. The molecule has 1 saturated heterocycles. The molecule has 0 unspecified atom stereocenters. The molecule has 0 saturated carbocycles. The van der Waals surface area contributed by atoms with Crippen LogP contribution < -0.4 is 4.74 Å². The number of rotatable bonds is 10. The molecule has 0 N–H and O–H groups in total. The van der Waals surface area contributed by atoms with Crippen molar-refractivity contribution in [3.8, 4) is 5.75 Å². The molecule has 5 nitrogen and oxygen atoms in total. The molecule has 1 fully saturated rings. The molecule has 6 heteroatoms. The molecular weight excluding hydrogens is 394 g/mol. The Morgan fingerprint density at radius 3 is 2.73 bits per heavy atom. The molecule has 30 heavy (non-hydrogen) atoms. The summed E-state index contributed by atoms with van der Waals surface area (Å²) in [5, 5.41) is 3.01. The summed E-state index contributed by atoms with van der Waals surface area (Å²) in [6, 6.07) is 8.19. The number of hydrogen-bond donors (Lipinski definition) is 0. The summed E-state index contributed by atoms with van der Waals surface area (Å²) < 4.78 is 6.06. The van der Waals surface area contributed by atoms with Crippen molar-refractivity contribution >= 4 is 17.2 Å². The van der Waals surface area contributed by atoms with Crippen LogP contribution in [0, 0.1) is 0 Å². The minimum Gasteiger partial charge on any atom is -0.486 e. The minimum absolute atomic E-state index is 0.198. The summed E-state index contributed by atoms with van der Waals surface area (Å²) in [5.41, 5.74) is 2.17. The van der Waals surface area contributed by atoms with E-state index in [2.05, 4.69) is 30.2 Å². The zero-order valence-electron chi connectivity index (χ0n) is 18.6. The van der Waals surface area contributed by atoms with Crippen molar-refractivity contribution in [3.63, 3.8) is 0 Å². The monoisotopic (exact) mass is 429 g/mol. The van der Waals surface area contributed by atoms with Crippen molar-refractivity contribution in [1.82, 2.24) is 14.8 Å². The van der Waals surface area contributed by atoms with Gasteiger partial charge in [-0.25, -0.2) is 4.98 Å². The third-order valence-corrected chi connectivity index (χ3v) is 6.51. The number of hydrogen-bond acceptors (Lipinski definition) is 5. The maximum Gasteiger partial charge on any atom is 0.222 e. The van der Waals surface area contributed by atoms with Crippen molar-refractivity contribution in [1.29, 1.82) is 0 Å². The Balaban J connectivity index is 1.56. The van der Waals surface area contributed by atoms with Gasteiger partial charge in [-0.3, -0.25) is 4.79 Å². The molecule has 1 aromatic carbocycles. The first-order valence-corrected chi connectivity index (χ1v) is 12.1. The number of amides is 1. The molecule has 0 atom stereocenters. The van der Waals surface area contributed by atoms with Crippen LogP contribution >= 0.6 is 11.3 Å². The SMILES string of the molecule is CCC(=O)N(CCN1CCCCC1)Cc1csc(COc2ccccc2C(C)C)n1. The van der Waals surface area contributed by atoms with Gasteiger partial charge >= 0.3 is 0 Å². The second-order valence-corrected chi connectivity index (χ2v) is 9.23. The Morgan fingerprint density at radius 2 is 2.00 bits per heavy atom. The molecule has 1 aliphatic rings. The topological polar surface area (TPSA) is 45.7 Å². The lowest BCUT2D eigenvalue weighted by molar-refractivity contribution is -0.131. The van der Waals surface area contributed by atoms with Crippen molar-refractivity contribution < 1.29 is 9.53 Å². The number of piperidine rings is 1. The molecule has 1 aliphatic heterocycles. The fourth-order valence-electron chi connectivity index (χ4n) is 3.87. The summed E-state index contributed by atoms with van der Waals surface area (Å²) >= 11 is 1.61. The van der Waals surface area contributed by atoms with Gasteiger partial charge in [-0.2, -0.15) is 0 Å². The molecule has 3 rings (SSSR count). The first-order valence-electron chi connectivity index (χ1n) is 11.2. The van der Waals surface area contributed by atoms with Gasteiger partial charge in [-0.1, -0.05) is 45.4 Å². The Morgan fingerprint density at radius 1 is 1.23 bits per heavy atom. The second kappa shape index (κ2) is 11.5. The van der Waals surface area contributed by atoms with E-state index in [-0.39, 0.29) is 5.91 Å². The highest BCUT2D eigenvalue weighted by Crippen LogP contribution is 2.27. The number of carbonyl (C=O) groups is 1. The lowest BCUT2D eigenvalue weighted by atomic mass is 10.0. The van der Waals surface area contributed by atoms with Crippen LogP contribution in [0.2, 0.25) is 0 Å². The summed E-state index contributed by atoms with van der Waals surface area (Å²) in [6.45, 7) is 11.4. The average Bonchev–Trinajstić information content (AvgIpc) is 3.23. The Bertz CT molecular complexity index is 799. The van der Waals surface area contributed by atoms with Crippen molar-refractivity contribution in [2.24, 2.45) is 0 Å². The van der Waals surface area contributed by atoms with Crippen LogP contribution in [0.4, 0.5) is 0 Å². The van der Waals surface area contributed by atoms with E-state index in [1.54, 1.807) is 11.3 Å². The van der Waals surface area contributed by atoms with Crippen LogP contribution in [0.1, 0.15) is 68.6 Å². The van der Waals surface area contributed by atoms with Crippen molar-refractivity contribution in [2.45, 2.75) is 65.5 Å². The third-order valence-electron chi connectivity index (χ3n) is 5.63. The standard InChI is InChI=1S/C24H35N3O2S/c1-4-24(28)27(15-14-26-12-8-5-9-13-26)16-20-18-30-23(25-20)17-29-22-11-7-6-10-21(22)19(2)3/h6-7,10-11,18-19H,4-5,8-9,12-17H2,1-3H3. The van der Waals surface area contributed by atoms with E-state index in [4.69, 9.17) is 9.72 Å². The average molecular weight is 430 g/mol. The Kier molecular flexibility index (Phi) is 8.70. The molecule has 0 aliphatic carbocycles. The lowest BCUT2D eigenvalue weighted by Gasteiger charge is -2.29. The van der Waals surface area contributed by atoms with Gasteiger partial charge in [0.15, 0.2) is 0 Å². The number of nitrogens with zero attached hydrogens (tertiary/aromatic N) is 3. The fourth-order valence-corrected chi connectivity index (χ4v) is 4.57. The van der Waals surface area contributed by atoms with Gasteiger partial charge < -0.3 is 14.5 Å². The van der Waals surface area contributed by atoms with Gasteiger partial charge in [-0.05, 0) is 43.5 Å². The van der Waals surface area contributed by atoms with Crippen LogP contribution in [-0.2, 0) is 17.9 Å². The predicted octanol–water partition coefficient (Wildman–Crippen LogP) is 5.07. The molecule has 0 radical (unpaired) electrons. The van der Waals surface area contributed by atoms with E-state index in [9.17, 15) is 4.79 Å². The van der Waals surface area contributed by atoms with Gasteiger partial charge in [0.25, 0.3) is 0 Å². The fraction of sp³-hybridized carbons (Fsp3) is 0.583. The van der Waals surface area contributed by atoms with Gasteiger partial charge in [0.1, 0.15) is 17.4 Å². The number of ether oxygens (including phenoxy) is 1. The van der Waals surface area contributed by atoms with E-state index >= 15 is 0 Å². The van der Waals surface area contributed by atoms with Crippen LogP contribution in [0.25, 0.3) is 0 Å². The normalized spacial score (nSPS) is 14.8. The first kappa shape index (κ1) is 22.8. The summed E-state index contributed by atoms with van der Waals surface area (Å²) in [5.74, 6) is 1.54. The number of carbonyl (C=O) groups excluding carboxylic acids is 1. The summed E-state index contributed by atoms with van der Waals surface area (Å²) in [4.78, 5) is 21.6. The van der Waals surface area contributed by atoms with Crippen molar-refractivity contribution in [2.75, 3.05) is 26.2 Å². The van der Waals surface area contributed by atoms with Crippen LogP contribution in [0.3, 0.4) is 0 Å². The largest absolute Gasteiger partial charge is 0.486 e. The van der Waals surface area contributed by atoms with Crippen LogP contribution in [-0.4, -0.2) is 46.9 Å². The summed E-state index contributed by atoms with van der Waals surface area (Å²) in [6.07, 6.45) is 4.42. The molecule has 2 heterocycles. The second-order valence-electron chi connectivity index (χ2n) is 8.28. The zero-order chi connectivity index (χ0) is 21.3. The molecule has 164 valence electrons. The van der Waals surface area contributed by atoms with Crippen LogP contribution in [0.5, 0.6) is 5.75 Å². The van der Waals surface area contributed by atoms with Gasteiger partial charge in [-0.15, -0.1) is 11.3 Å². The molecule has 0 spiro atoms. The maximum atomic E-state index is 12.5. The molecule has 1 amide bonds. The predicted molar refractivity (Wildman–Crippen MR) is 123 cm³/mol. The van der Waals surface area contributed by atoms with Gasteiger partial charge in [0.05, 0.1) is 12.2 Å².